The molecule has 1 amide bonds. The molecule has 0 spiro atoms. The zero-order valence-electron chi connectivity index (χ0n) is 17.6. The Bertz CT molecular complexity index is 969. The highest BCUT2D eigenvalue weighted by molar-refractivity contribution is 6.31. The molecular formula is C23H28ClFN4O. The molecule has 1 aliphatic heterocycles. The fourth-order valence-corrected chi connectivity index (χ4v) is 4.53. The molecule has 2 fully saturated rings. The Labute approximate surface area is 181 Å². The number of rotatable bonds is 5. The zero-order valence-corrected chi connectivity index (χ0v) is 18.4. The maximum atomic E-state index is 14.2. The summed E-state index contributed by atoms with van der Waals surface area (Å²) in [6.07, 6.45) is 4.71. The van der Waals surface area contributed by atoms with E-state index in [0.29, 0.717) is 40.9 Å². The number of amides is 1. The maximum Gasteiger partial charge on any atom is 0.255 e. The summed E-state index contributed by atoms with van der Waals surface area (Å²) in [5.41, 5.74) is 9.32. The average Bonchev–Trinajstić information content (AvgIpc) is 3.43. The SMILES string of the molecule is Cc1ncc(C(=O)N[C@@H](C)C2CC2)c(N2CC[C@](C)(N)C2)c1-c1cc(F)cc(Cl)c1. The number of anilines is 1. The summed E-state index contributed by atoms with van der Waals surface area (Å²) in [5.74, 6) is -0.0483. The van der Waals surface area contributed by atoms with Crippen molar-refractivity contribution >= 4 is 23.2 Å². The average molecular weight is 431 g/mol. The highest BCUT2D eigenvalue weighted by Crippen LogP contribution is 2.40. The van der Waals surface area contributed by atoms with Crippen LogP contribution >= 0.6 is 11.6 Å². The smallest absolute Gasteiger partial charge is 0.255 e. The zero-order chi connectivity index (χ0) is 21.6. The number of nitrogens with zero attached hydrogens (tertiary/aromatic N) is 2. The van der Waals surface area contributed by atoms with E-state index in [2.05, 4.69) is 15.2 Å². The van der Waals surface area contributed by atoms with Crippen molar-refractivity contribution in [3.05, 3.63) is 46.5 Å². The number of aromatic nitrogens is 1. The van der Waals surface area contributed by atoms with Crippen LogP contribution in [0.2, 0.25) is 5.02 Å². The summed E-state index contributed by atoms with van der Waals surface area (Å²) in [7, 11) is 0. The molecule has 2 aromatic rings. The Balaban J connectivity index is 1.84. The molecule has 7 heteroatoms. The summed E-state index contributed by atoms with van der Waals surface area (Å²) in [4.78, 5) is 19.9. The third kappa shape index (κ3) is 4.30. The Morgan fingerprint density at radius 3 is 2.73 bits per heavy atom. The van der Waals surface area contributed by atoms with Gasteiger partial charge in [0.2, 0.25) is 0 Å². The number of hydrogen-bond acceptors (Lipinski definition) is 4. The Morgan fingerprint density at radius 1 is 1.40 bits per heavy atom. The van der Waals surface area contributed by atoms with E-state index in [0.717, 1.165) is 30.5 Å². The number of carbonyl (C=O) groups excluding carboxylic acids is 1. The molecule has 30 heavy (non-hydrogen) atoms. The molecule has 160 valence electrons. The van der Waals surface area contributed by atoms with Crippen molar-refractivity contribution in [2.75, 3.05) is 18.0 Å². The normalized spacial score (nSPS) is 22.3. The molecule has 0 unspecified atom stereocenters. The van der Waals surface area contributed by atoms with E-state index in [1.807, 2.05) is 20.8 Å². The molecule has 4 rings (SSSR count). The Kier molecular flexibility index (Phi) is 5.49. The summed E-state index contributed by atoms with van der Waals surface area (Å²) in [6, 6.07) is 4.53. The van der Waals surface area contributed by atoms with Gasteiger partial charge in [0.15, 0.2) is 0 Å². The van der Waals surface area contributed by atoms with Gasteiger partial charge >= 0.3 is 0 Å². The van der Waals surface area contributed by atoms with E-state index < -0.39 is 5.82 Å². The van der Waals surface area contributed by atoms with Gasteiger partial charge in [-0.3, -0.25) is 9.78 Å². The summed E-state index contributed by atoms with van der Waals surface area (Å²) in [5, 5.41) is 3.43. The second kappa shape index (κ2) is 7.82. The van der Waals surface area contributed by atoms with Crippen molar-refractivity contribution in [1.82, 2.24) is 10.3 Å². The molecule has 1 aliphatic carbocycles. The van der Waals surface area contributed by atoms with E-state index in [1.54, 1.807) is 12.3 Å². The monoisotopic (exact) mass is 430 g/mol. The molecule has 0 radical (unpaired) electrons. The summed E-state index contributed by atoms with van der Waals surface area (Å²) in [6.45, 7) is 7.23. The molecule has 1 saturated carbocycles. The molecule has 5 nitrogen and oxygen atoms in total. The van der Waals surface area contributed by atoms with Gasteiger partial charge in [-0.2, -0.15) is 0 Å². The van der Waals surface area contributed by atoms with Crippen LogP contribution in [0.15, 0.2) is 24.4 Å². The molecule has 1 aromatic carbocycles. The molecule has 1 saturated heterocycles. The Morgan fingerprint density at radius 2 is 2.13 bits per heavy atom. The number of pyridine rings is 1. The molecule has 0 bridgehead atoms. The summed E-state index contributed by atoms with van der Waals surface area (Å²) < 4.78 is 14.2. The van der Waals surface area contributed by atoms with Crippen molar-refractivity contribution in [2.45, 2.75) is 51.6 Å². The highest BCUT2D eigenvalue weighted by Gasteiger charge is 2.35. The van der Waals surface area contributed by atoms with Gasteiger partial charge in [-0.1, -0.05) is 11.6 Å². The van der Waals surface area contributed by atoms with Crippen LogP contribution < -0.4 is 16.0 Å². The quantitative estimate of drug-likeness (QED) is 0.741. The van der Waals surface area contributed by atoms with Crippen molar-refractivity contribution in [3.63, 3.8) is 0 Å². The fourth-order valence-electron chi connectivity index (χ4n) is 4.31. The number of nitrogens with two attached hydrogens (primary N) is 1. The number of benzene rings is 1. The first-order chi connectivity index (χ1) is 14.1. The topological polar surface area (TPSA) is 71.2 Å². The lowest BCUT2D eigenvalue weighted by Gasteiger charge is -2.28. The van der Waals surface area contributed by atoms with Gasteiger partial charge in [0, 0.05) is 47.1 Å². The summed E-state index contributed by atoms with van der Waals surface area (Å²) >= 11 is 6.15. The largest absolute Gasteiger partial charge is 0.368 e. The first-order valence-corrected chi connectivity index (χ1v) is 10.8. The molecule has 2 heterocycles. The number of hydrogen-bond donors (Lipinski definition) is 2. The predicted molar refractivity (Wildman–Crippen MR) is 118 cm³/mol. The minimum atomic E-state index is -0.426. The lowest BCUT2D eigenvalue weighted by atomic mass is 9.97. The second-order valence-electron chi connectivity index (χ2n) is 9.06. The van der Waals surface area contributed by atoms with Crippen molar-refractivity contribution < 1.29 is 9.18 Å². The lowest BCUT2D eigenvalue weighted by Crippen LogP contribution is -2.40. The number of carbonyl (C=O) groups is 1. The molecule has 3 N–H and O–H groups in total. The highest BCUT2D eigenvalue weighted by atomic mass is 35.5. The minimum Gasteiger partial charge on any atom is -0.368 e. The van der Waals surface area contributed by atoms with Crippen molar-refractivity contribution in [3.8, 4) is 11.1 Å². The minimum absolute atomic E-state index is 0.108. The third-order valence-electron chi connectivity index (χ3n) is 6.15. The van der Waals surface area contributed by atoms with Gasteiger partial charge in [0.25, 0.3) is 5.91 Å². The molecule has 2 aliphatic rings. The molecular weight excluding hydrogens is 403 g/mol. The van der Waals surface area contributed by atoms with Crippen LogP contribution in [0.25, 0.3) is 11.1 Å². The molecule has 2 atom stereocenters. The van der Waals surface area contributed by atoms with E-state index >= 15 is 0 Å². The second-order valence-corrected chi connectivity index (χ2v) is 9.50. The fraction of sp³-hybridized carbons (Fsp3) is 0.478. The van der Waals surface area contributed by atoms with Gasteiger partial charge in [-0.05, 0) is 69.7 Å². The van der Waals surface area contributed by atoms with Crippen LogP contribution in [0, 0.1) is 18.7 Å². The van der Waals surface area contributed by atoms with E-state index in [1.165, 1.54) is 12.1 Å². The number of halogens is 2. The predicted octanol–water partition coefficient (Wildman–Crippen LogP) is 4.31. The van der Waals surface area contributed by atoms with E-state index in [9.17, 15) is 9.18 Å². The van der Waals surface area contributed by atoms with Gasteiger partial charge in [0.1, 0.15) is 5.82 Å². The lowest BCUT2D eigenvalue weighted by molar-refractivity contribution is 0.0936. The number of aryl methyl sites for hydroxylation is 1. The Hall–Kier alpha value is -2.18. The van der Waals surface area contributed by atoms with Gasteiger partial charge in [0.05, 0.1) is 11.3 Å². The first kappa shape index (κ1) is 21.1. The van der Waals surface area contributed by atoms with Crippen LogP contribution in [-0.2, 0) is 0 Å². The third-order valence-corrected chi connectivity index (χ3v) is 6.36. The van der Waals surface area contributed by atoms with Crippen LogP contribution in [0.4, 0.5) is 10.1 Å². The van der Waals surface area contributed by atoms with Gasteiger partial charge in [-0.25, -0.2) is 4.39 Å². The maximum absolute atomic E-state index is 14.2. The van der Waals surface area contributed by atoms with Gasteiger partial charge < -0.3 is 16.0 Å². The van der Waals surface area contributed by atoms with Crippen LogP contribution in [0.1, 0.15) is 49.2 Å². The standard InChI is InChI=1S/C23H28ClFN4O/c1-13(15-4-5-15)28-22(30)19-11-27-14(2)20(16-8-17(24)10-18(25)9-16)21(19)29-7-6-23(3,26)12-29/h8-11,13,15H,4-7,12,26H2,1-3H3,(H,28,30)/t13-,23-/m0/s1. The first-order valence-electron chi connectivity index (χ1n) is 10.5. The molecule has 1 aromatic heterocycles. The van der Waals surface area contributed by atoms with Crippen LogP contribution in [0.3, 0.4) is 0 Å². The van der Waals surface area contributed by atoms with Crippen LogP contribution in [-0.4, -0.2) is 35.6 Å². The van der Waals surface area contributed by atoms with E-state index in [-0.39, 0.29) is 17.5 Å². The van der Waals surface area contributed by atoms with E-state index in [4.69, 9.17) is 17.3 Å². The van der Waals surface area contributed by atoms with Crippen molar-refractivity contribution in [2.24, 2.45) is 11.7 Å². The van der Waals surface area contributed by atoms with Crippen LogP contribution in [0.5, 0.6) is 0 Å². The van der Waals surface area contributed by atoms with Crippen molar-refractivity contribution in [1.29, 1.82) is 0 Å². The number of nitrogens with one attached hydrogen (secondary N) is 1. The van der Waals surface area contributed by atoms with Gasteiger partial charge in [-0.15, -0.1) is 0 Å².